The normalized spacial score (nSPS) is 11.0. The van der Waals surface area contributed by atoms with E-state index < -0.39 is 34.9 Å². The SMILES string of the molecule is CCCCc1c(-c2nc(-c3ccccc3)no2)nnn1-c1ccccc1F.CCCCc1c(-c2nc(-c3ccccc3F)no2)nnn1-c1ccccc1F.COCc1c(-c2nc(-c3ccccc3)no2)nnn1-c1ccccc1F.Fc1ccccc1-c1noc(-c2nnn(-c3ccccc3F)c2-c2ccccc2)n1.Fc1ccccc1-n1nnc(-c2nc(-c3ccccc3)no2)c1-c1ccccc1. The fourth-order valence-corrected chi connectivity index (χ4v) is 14.6. The van der Waals surface area contributed by atoms with Crippen LogP contribution in [-0.2, 0) is 24.2 Å². The lowest BCUT2D eigenvalue weighted by molar-refractivity contribution is 0.179. The Morgan fingerprint density at radius 2 is 0.471 bits per heavy atom. The number of aromatic nitrogens is 25. The maximum Gasteiger partial charge on any atom is 0.281 e. The number of methoxy groups -OCH3 is 1. The molecule has 0 bridgehead atoms. The summed E-state index contributed by atoms with van der Waals surface area (Å²) in [5, 5.41) is 61.3. The van der Waals surface area contributed by atoms with Crippen LogP contribution in [0, 0.1) is 40.7 Å². The van der Waals surface area contributed by atoms with Crippen LogP contribution in [0.4, 0.5) is 30.7 Å². The molecule has 0 unspecified atom stereocenters. The van der Waals surface area contributed by atoms with E-state index in [1.165, 1.54) is 73.0 Å². The van der Waals surface area contributed by atoms with Crippen molar-refractivity contribution >= 4 is 0 Å². The highest BCUT2D eigenvalue weighted by Crippen LogP contribution is 2.38. The van der Waals surface area contributed by atoms with Crippen molar-refractivity contribution in [3.63, 3.8) is 0 Å². The van der Waals surface area contributed by atoms with Crippen LogP contribution >= 0.6 is 0 Å². The third kappa shape index (κ3) is 20.3. The van der Waals surface area contributed by atoms with Gasteiger partial charge in [-0.15, -0.1) is 25.5 Å². The standard InChI is InChI=1S/C22H13F2N5O.C22H14FN5O.C20H17F2N5O.C20H18FN5O.C18H14FN5O2/c23-16-11-5-4-10-15(16)21-25-22(30-27-21)19-20(14-8-2-1-3-9-14)29(28-26-19)18-13-7-6-12-17(18)24;23-17-13-7-8-14-18(17)28-20(15-9-3-1-4-10-15)19(25-27-28)22-24-21(26-29-22)16-11-5-2-6-12-16;1-2-3-11-17-18(24-26-27(17)16-12-7-6-10-15(16)22)20-23-19(25-28-20)13-8-4-5-9-14(13)21;1-2-3-12-17-18(23-25-26(17)16-13-8-7-11-15(16)21)20-22-19(24-27-20)14-9-5-4-6-10-14;1-25-11-15-16(21-23-24(15)14-10-6-5-9-13(14)19)18-20-17(22-26-18)12-7-3-2-4-8-12/h1-13H;1-14H;4-10,12H,2-3,11H2,1H3;4-11,13H,2-3,12H2,1H3;2-10H,11H2,1H3. The van der Waals surface area contributed by atoms with Gasteiger partial charge in [0.05, 0.1) is 29.1 Å². The Kier molecular flexibility index (Phi) is 28.4. The predicted molar refractivity (Wildman–Crippen MR) is 499 cm³/mol. The highest BCUT2D eigenvalue weighted by Gasteiger charge is 2.31. The van der Waals surface area contributed by atoms with Crippen LogP contribution in [0.25, 0.3) is 166 Å². The molecule has 10 heterocycles. The molecule has 0 radical (unpaired) electrons. The molecular weight excluding hydrogens is 1800 g/mol. The Morgan fingerprint density at radius 1 is 0.243 bits per heavy atom. The molecule has 22 aromatic rings. The maximum absolute atomic E-state index is 14.5. The highest BCUT2D eigenvalue weighted by molar-refractivity contribution is 5.78. The Bertz CT molecular complexity index is 7900. The topological polar surface area (TPSA) is 357 Å². The van der Waals surface area contributed by atoms with Gasteiger partial charge in [-0.3, -0.25) is 0 Å². The second-order valence-corrected chi connectivity index (χ2v) is 30.6. The lowest BCUT2D eigenvalue weighted by Crippen LogP contribution is -2.06. The molecule has 22 rings (SSSR count). The number of hydrogen-bond donors (Lipinski definition) is 0. The fraction of sp³-hybridized carbons (Fsp3) is 0.0980. The van der Waals surface area contributed by atoms with Crippen LogP contribution in [0.3, 0.4) is 0 Å². The molecule has 140 heavy (non-hydrogen) atoms. The van der Waals surface area contributed by atoms with E-state index in [2.05, 4.69) is 116 Å². The first-order chi connectivity index (χ1) is 68.8. The Hall–Kier alpha value is -18.5. The second kappa shape index (κ2) is 43.2. The Morgan fingerprint density at radius 3 is 0.764 bits per heavy atom. The molecule has 0 aliphatic carbocycles. The molecule has 0 aliphatic heterocycles. The predicted octanol–water partition coefficient (Wildman–Crippen LogP) is 22.1. The summed E-state index contributed by atoms with van der Waals surface area (Å²) in [6, 6.07) is 91.2. The van der Waals surface area contributed by atoms with E-state index in [1.807, 2.05) is 152 Å². The molecule has 31 nitrogen and oxygen atoms in total. The van der Waals surface area contributed by atoms with Crippen LogP contribution in [0.5, 0.6) is 0 Å². The van der Waals surface area contributed by atoms with Crippen molar-refractivity contribution in [2.75, 3.05) is 7.11 Å². The fourth-order valence-electron chi connectivity index (χ4n) is 14.6. The molecule has 0 amide bonds. The minimum atomic E-state index is -0.469. The molecule has 0 saturated carbocycles. The number of rotatable bonds is 25. The van der Waals surface area contributed by atoms with Crippen LogP contribution < -0.4 is 0 Å². The summed E-state index contributed by atoms with van der Waals surface area (Å²) in [5.74, 6) is -0.546. The minimum Gasteiger partial charge on any atom is -0.378 e. The van der Waals surface area contributed by atoms with Gasteiger partial charge in [0.15, 0.2) is 28.5 Å². The molecule has 0 saturated heterocycles. The van der Waals surface area contributed by atoms with Crippen LogP contribution in [0.2, 0.25) is 0 Å². The minimum absolute atomic E-state index is 0.0506. The summed E-state index contributed by atoms with van der Waals surface area (Å²) < 4.78 is 139. The van der Waals surface area contributed by atoms with E-state index >= 15 is 0 Å². The molecule has 694 valence electrons. The Labute approximate surface area is 790 Å². The molecular formula is C102H76F7N25O6. The molecule has 0 N–H and O–H groups in total. The van der Waals surface area contributed by atoms with E-state index in [-0.39, 0.29) is 87.4 Å². The van der Waals surface area contributed by atoms with Crippen molar-refractivity contribution in [3.05, 3.63) is 379 Å². The highest BCUT2D eigenvalue weighted by atomic mass is 19.2. The van der Waals surface area contributed by atoms with Gasteiger partial charge in [0.1, 0.15) is 86.2 Å². The van der Waals surface area contributed by atoms with E-state index in [0.717, 1.165) is 59.2 Å². The van der Waals surface area contributed by atoms with Gasteiger partial charge >= 0.3 is 0 Å². The van der Waals surface area contributed by atoms with E-state index in [9.17, 15) is 30.7 Å². The molecule has 0 aliphatic rings. The van der Waals surface area contributed by atoms with E-state index in [4.69, 9.17) is 27.4 Å². The smallest absolute Gasteiger partial charge is 0.281 e. The number of nitrogens with zero attached hydrogens (tertiary/aromatic N) is 25. The summed E-state index contributed by atoms with van der Waals surface area (Å²) >= 11 is 0. The van der Waals surface area contributed by atoms with Gasteiger partial charge in [-0.1, -0.05) is 315 Å². The monoisotopic (exact) mass is 1880 g/mol. The van der Waals surface area contributed by atoms with Crippen molar-refractivity contribution in [1.29, 1.82) is 0 Å². The van der Waals surface area contributed by atoms with Gasteiger partial charge < -0.3 is 27.4 Å². The molecule has 0 spiro atoms. The average molecular weight is 1880 g/mol. The molecule has 0 fully saturated rings. The zero-order valence-corrected chi connectivity index (χ0v) is 74.3. The van der Waals surface area contributed by atoms with Gasteiger partial charge in [0.25, 0.3) is 29.5 Å². The summed E-state index contributed by atoms with van der Waals surface area (Å²) in [6.45, 7) is 4.30. The zero-order chi connectivity index (χ0) is 96.2. The second-order valence-electron chi connectivity index (χ2n) is 30.6. The quantitative estimate of drug-likeness (QED) is 0.0480. The number of hydrogen-bond acceptors (Lipinski definition) is 26. The van der Waals surface area contributed by atoms with Crippen LogP contribution in [-0.4, -0.2) is 133 Å². The number of unbranched alkanes of at least 4 members (excludes halogenated alkanes) is 2. The van der Waals surface area contributed by atoms with Crippen molar-refractivity contribution in [2.45, 2.75) is 59.0 Å². The molecule has 0 atom stereocenters. The van der Waals surface area contributed by atoms with Crippen LogP contribution in [0.1, 0.15) is 56.6 Å². The summed E-state index contributed by atoms with van der Waals surface area (Å²) in [7, 11) is 1.53. The first-order valence-electron chi connectivity index (χ1n) is 43.7. The van der Waals surface area contributed by atoms with Crippen LogP contribution in [0.15, 0.2) is 344 Å². The average Bonchev–Trinajstić information content (AvgIpc) is 1.59. The largest absolute Gasteiger partial charge is 0.378 e. The summed E-state index contributed by atoms with van der Waals surface area (Å²) in [6.07, 6.45) is 4.96. The van der Waals surface area contributed by atoms with Crippen molar-refractivity contribution in [3.8, 4) is 166 Å². The van der Waals surface area contributed by atoms with E-state index in [1.54, 1.807) is 127 Å². The number of halogens is 7. The third-order valence-electron chi connectivity index (χ3n) is 21.4. The molecule has 10 aromatic heterocycles. The van der Waals surface area contributed by atoms with E-state index in [0.29, 0.717) is 87.2 Å². The van der Waals surface area contributed by atoms with Gasteiger partial charge in [-0.05, 0) is 111 Å². The van der Waals surface area contributed by atoms with Gasteiger partial charge in [0.2, 0.25) is 29.1 Å². The molecule has 12 aromatic carbocycles. The first kappa shape index (κ1) is 92.0. The first-order valence-corrected chi connectivity index (χ1v) is 43.7. The van der Waals surface area contributed by atoms with Gasteiger partial charge in [-0.25, -0.2) is 54.1 Å². The molecule has 38 heteroatoms. The number of benzene rings is 12. The lowest BCUT2D eigenvalue weighted by atomic mass is 10.1. The third-order valence-corrected chi connectivity index (χ3v) is 21.4. The van der Waals surface area contributed by atoms with Crippen molar-refractivity contribution in [1.82, 2.24) is 126 Å². The number of ether oxygens (including phenoxy) is 1. The summed E-state index contributed by atoms with van der Waals surface area (Å²) in [5.41, 5.74) is 10.7. The summed E-state index contributed by atoms with van der Waals surface area (Å²) in [4.78, 5) is 21.9. The van der Waals surface area contributed by atoms with Gasteiger partial charge in [0, 0.05) is 34.9 Å². The van der Waals surface area contributed by atoms with Gasteiger partial charge in [-0.2, -0.15) is 24.9 Å². The van der Waals surface area contributed by atoms with Crippen molar-refractivity contribution in [2.24, 2.45) is 0 Å². The zero-order valence-electron chi connectivity index (χ0n) is 74.3. The lowest BCUT2D eigenvalue weighted by Gasteiger charge is -2.08. The maximum atomic E-state index is 14.5. The number of para-hydroxylation sites is 5. The Balaban J connectivity index is 0.000000116. The van der Waals surface area contributed by atoms with Crippen molar-refractivity contribution < 1.29 is 58.1 Å².